The number of nitrogens with zero attached hydrogens (tertiary/aromatic N) is 2. The second-order valence-corrected chi connectivity index (χ2v) is 8.06. The quantitative estimate of drug-likeness (QED) is 0.875. The standard InChI is InChI=1S/C18H22N4O2S/c1-12-8-15(23)21-10-13(12)17(24)22(11-16-20-6-7-25-16)14-9-18(14)2-4-19-5-3-18/h6-8,10,14,19H,2-5,9,11H2,1H3,(H,21,23). The number of carbonyl (C=O) groups is 1. The number of aryl methyl sites for hydroxylation is 1. The number of aromatic nitrogens is 2. The highest BCUT2D eigenvalue weighted by atomic mass is 32.1. The van der Waals surface area contributed by atoms with Crippen LogP contribution < -0.4 is 10.9 Å². The third-order valence-electron chi connectivity index (χ3n) is 5.53. The average molecular weight is 358 g/mol. The van der Waals surface area contributed by atoms with Crippen LogP contribution in [0.15, 0.2) is 28.6 Å². The molecule has 0 radical (unpaired) electrons. The van der Waals surface area contributed by atoms with Crippen molar-refractivity contribution in [1.29, 1.82) is 0 Å². The average Bonchev–Trinajstić information content (AvgIpc) is 3.04. The van der Waals surface area contributed by atoms with Gasteiger partial charge in [0.05, 0.1) is 12.1 Å². The van der Waals surface area contributed by atoms with Crippen molar-refractivity contribution in [3.63, 3.8) is 0 Å². The highest BCUT2D eigenvalue weighted by Crippen LogP contribution is 2.56. The maximum atomic E-state index is 13.3. The molecule has 1 aliphatic heterocycles. The maximum Gasteiger partial charge on any atom is 0.256 e. The van der Waals surface area contributed by atoms with Crippen molar-refractivity contribution in [3.05, 3.63) is 50.3 Å². The van der Waals surface area contributed by atoms with Crippen molar-refractivity contribution < 1.29 is 4.79 Å². The Morgan fingerprint density at radius 3 is 2.92 bits per heavy atom. The lowest BCUT2D eigenvalue weighted by molar-refractivity contribution is 0.0691. The number of pyridine rings is 1. The van der Waals surface area contributed by atoms with E-state index in [9.17, 15) is 9.59 Å². The van der Waals surface area contributed by atoms with Gasteiger partial charge in [-0.2, -0.15) is 0 Å². The summed E-state index contributed by atoms with van der Waals surface area (Å²) in [6.45, 7) is 4.40. The lowest BCUT2D eigenvalue weighted by Gasteiger charge is -2.29. The topological polar surface area (TPSA) is 78.1 Å². The molecule has 1 aliphatic carbocycles. The maximum absolute atomic E-state index is 13.3. The van der Waals surface area contributed by atoms with Crippen LogP contribution in [0.25, 0.3) is 0 Å². The highest BCUT2D eigenvalue weighted by molar-refractivity contribution is 7.09. The van der Waals surface area contributed by atoms with E-state index in [0.717, 1.165) is 42.9 Å². The minimum Gasteiger partial charge on any atom is -0.328 e. The summed E-state index contributed by atoms with van der Waals surface area (Å²) < 4.78 is 0. The summed E-state index contributed by atoms with van der Waals surface area (Å²) >= 11 is 1.58. The number of aromatic amines is 1. The number of H-pyrrole nitrogens is 1. The fraction of sp³-hybridized carbons (Fsp3) is 0.500. The third kappa shape index (κ3) is 3.14. The summed E-state index contributed by atoms with van der Waals surface area (Å²) in [6.07, 6.45) is 6.62. The smallest absolute Gasteiger partial charge is 0.256 e. The first-order valence-electron chi connectivity index (χ1n) is 8.68. The number of hydrogen-bond donors (Lipinski definition) is 2. The number of nitrogens with one attached hydrogen (secondary N) is 2. The molecule has 1 saturated heterocycles. The fourth-order valence-corrected chi connectivity index (χ4v) is 4.60. The SMILES string of the molecule is Cc1cc(=O)[nH]cc1C(=O)N(Cc1nccs1)C1CC12CCNCC2. The van der Waals surface area contributed by atoms with Gasteiger partial charge in [0.2, 0.25) is 5.56 Å². The molecule has 7 heteroatoms. The summed E-state index contributed by atoms with van der Waals surface area (Å²) in [5, 5.41) is 6.30. The monoisotopic (exact) mass is 358 g/mol. The summed E-state index contributed by atoms with van der Waals surface area (Å²) in [5.41, 5.74) is 1.38. The molecule has 6 nitrogen and oxygen atoms in total. The first kappa shape index (κ1) is 16.5. The molecule has 3 heterocycles. The Labute approximate surface area is 150 Å². The van der Waals surface area contributed by atoms with E-state index in [0.29, 0.717) is 12.1 Å². The van der Waals surface area contributed by atoms with Crippen LogP contribution >= 0.6 is 11.3 Å². The zero-order valence-electron chi connectivity index (χ0n) is 14.2. The highest BCUT2D eigenvalue weighted by Gasteiger charge is 2.58. The predicted octanol–water partition coefficient (Wildman–Crippen LogP) is 1.92. The molecule has 1 saturated carbocycles. The van der Waals surface area contributed by atoms with Gasteiger partial charge in [-0.25, -0.2) is 4.98 Å². The molecule has 2 aromatic heterocycles. The molecule has 2 aliphatic rings. The van der Waals surface area contributed by atoms with E-state index in [1.54, 1.807) is 23.7 Å². The van der Waals surface area contributed by atoms with Crippen molar-refractivity contribution >= 4 is 17.2 Å². The molecule has 1 amide bonds. The summed E-state index contributed by atoms with van der Waals surface area (Å²) in [7, 11) is 0. The molecule has 1 atom stereocenters. The Hall–Kier alpha value is -1.99. The first-order chi connectivity index (χ1) is 12.1. The van der Waals surface area contributed by atoms with Crippen LogP contribution in [-0.4, -0.2) is 39.9 Å². The molecule has 0 bridgehead atoms. The van der Waals surface area contributed by atoms with Crippen molar-refractivity contribution in [2.75, 3.05) is 13.1 Å². The summed E-state index contributed by atoms with van der Waals surface area (Å²) in [4.78, 5) is 33.7. The lowest BCUT2D eigenvalue weighted by Crippen LogP contribution is -2.39. The van der Waals surface area contributed by atoms with Crippen LogP contribution in [0.1, 0.15) is 40.2 Å². The Bertz CT molecular complexity index is 824. The van der Waals surface area contributed by atoms with Crippen molar-refractivity contribution in [3.8, 4) is 0 Å². The van der Waals surface area contributed by atoms with Crippen LogP contribution in [0, 0.1) is 12.3 Å². The molecule has 2 N–H and O–H groups in total. The van der Waals surface area contributed by atoms with Crippen LogP contribution in [0.4, 0.5) is 0 Å². The number of carbonyl (C=O) groups excluding carboxylic acids is 1. The number of rotatable bonds is 4. The second kappa shape index (κ2) is 6.38. The molecule has 1 unspecified atom stereocenters. The zero-order valence-corrected chi connectivity index (χ0v) is 15.1. The van der Waals surface area contributed by atoms with E-state index < -0.39 is 0 Å². The number of hydrogen-bond acceptors (Lipinski definition) is 5. The molecule has 1 spiro atoms. The molecular weight excluding hydrogens is 336 g/mol. The van der Waals surface area contributed by atoms with Gasteiger partial charge in [0.1, 0.15) is 5.01 Å². The second-order valence-electron chi connectivity index (χ2n) is 7.09. The number of piperidine rings is 1. The third-order valence-corrected chi connectivity index (χ3v) is 6.30. The van der Waals surface area contributed by atoms with Crippen LogP contribution in [-0.2, 0) is 6.54 Å². The van der Waals surface area contributed by atoms with E-state index in [2.05, 4.69) is 15.3 Å². The van der Waals surface area contributed by atoms with Crippen LogP contribution in [0.5, 0.6) is 0 Å². The van der Waals surface area contributed by atoms with E-state index in [-0.39, 0.29) is 22.9 Å². The molecule has 25 heavy (non-hydrogen) atoms. The normalized spacial score (nSPS) is 21.2. The summed E-state index contributed by atoms with van der Waals surface area (Å²) in [5.74, 6) is -0.00985. The van der Waals surface area contributed by atoms with E-state index in [4.69, 9.17) is 0 Å². The largest absolute Gasteiger partial charge is 0.328 e. The molecule has 0 aromatic carbocycles. The van der Waals surface area contributed by atoms with Gasteiger partial charge >= 0.3 is 0 Å². The van der Waals surface area contributed by atoms with E-state index in [1.807, 2.05) is 17.2 Å². The van der Waals surface area contributed by atoms with Gasteiger partial charge in [0.25, 0.3) is 5.91 Å². The predicted molar refractivity (Wildman–Crippen MR) is 96.7 cm³/mol. The van der Waals surface area contributed by atoms with Gasteiger partial charge in [0.15, 0.2) is 0 Å². The molecule has 2 aromatic rings. The van der Waals surface area contributed by atoms with E-state index >= 15 is 0 Å². The lowest BCUT2D eigenvalue weighted by atomic mass is 9.93. The molecule has 132 valence electrons. The fourth-order valence-electron chi connectivity index (χ4n) is 3.99. The number of amides is 1. The van der Waals surface area contributed by atoms with Gasteiger partial charge in [-0.05, 0) is 50.3 Å². The Morgan fingerprint density at radius 1 is 1.44 bits per heavy atom. The Balaban J connectivity index is 1.63. The zero-order chi connectivity index (χ0) is 17.4. The van der Waals surface area contributed by atoms with E-state index in [1.165, 1.54) is 6.07 Å². The van der Waals surface area contributed by atoms with Crippen molar-refractivity contribution in [2.45, 2.75) is 38.8 Å². The van der Waals surface area contributed by atoms with Gasteiger partial charge < -0.3 is 15.2 Å². The van der Waals surface area contributed by atoms with Gasteiger partial charge in [0, 0.05) is 29.9 Å². The number of thiazole rings is 1. The van der Waals surface area contributed by atoms with Gasteiger partial charge in [-0.3, -0.25) is 9.59 Å². The minimum absolute atomic E-state index is 0.00985. The van der Waals surface area contributed by atoms with Crippen molar-refractivity contribution in [2.24, 2.45) is 5.41 Å². The Kier molecular flexibility index (Phi) is 4.21. The minimum atomic E-state index is -0.179. The summed E-state index contributed by atoms with van der Waals surface area (Å²) in [6, 6.07) is 1.75. The molecule has 4 rings (SSSR count). The first-order valence-corrected chi connectivity index (χ1v) is 9.56. The molecular formula is C18H22N4O2S. The van der Waals surface area contributed by atoms with Crippen LogP contribution in [0.3, 0.4) is 0 Å². The Morgan fingerprint density at radius 2 is 2.24 bits per heavy atom. The van der Waals surface area contributed by atoms with Gasteiger partial charge in [-0.1, -0.05) is 0 Å². The molecule has 2 fully saturated rings. The van der Waals surface area contributed by atoms with Crippen molar-refractivity contribution in [1.82, 2.24) is 20.2 Å². The van der Waals surface area contributed by atoms with Crippen LogP contribution in [0.2, 0.25) is 0 Å². The van der Waals surface area contributed by atoms with Gasteiger partial charge in [-0.15, -0.1) is 11.3 Å².